The largest absolute Gasteiger partial charge is 0.484 e. The minimum Gasteiger partial charge on any atom is -0.484 e. The Labute approximate surface area is 211 Å². The maximum atomic E-state index is 12.1. The number of nitrogens with one attached hydrogen (secondary N) is 1. The number of aryl methyl sites for hydroxylation is 2. The molecule has 0 spiro atoms. The lowest BCUT2D eigenvalue weighted by Crippen LogP contribution is -2.30. The smallest absolute Gasteiger partial charge is 0.257 e. The average molecular weight is 478 g/mol. The lowest BCUT2D eigenvalue weighted by atomic mass is 10.1. The Morgan fingerprint density at radius 3 is 2.23 bits per heavy atom. The number of hydrogen-bond acceptors (Lipinski definition) is 3. The molecule has 5 heteroatoms. The Balaban J connectivity index is 1.37. The Kier molecular flexibility index (Phi) is 12.2. The summed E-state index contributed by atoms with van der Waals surface area (Å²) >= 11 is 0. The van der Waals surface area contributed by atoms with Gasteiger partial charge in [-0.15, -0.1) is 0 Å². The van der Waals surface area contributed by atoms with Crippen LogP contribution < -0.4 is 10.1 Å². The Morgan fingerprint density at radius 2 is 1.49 bits per heavy atom. The quantitative estimate of drug-likeness (QED) is 0.199. The fourth-order valence-corrected chi connectivity index (χ4v) is 4.51. The van der Waals surface area contributed by atoms with Crippen molar-refractivity contribution in [2.45, 2.75) is 90.5 Å². The van der Waals surface area contributed by atoms with E-state index in [4.69, 9.17) is 9.72 Å². The van der Waals surface area contributed by atoms with Crippen LogP contribution in [0, 0.1) is 0 Å². The van der Waals surface area contributed by atoms with Crippen LogP contribution in [0.4, 0.5) is 0 Å². The molecule has 5 nitrogen and oxygen atoms in total. The first-order chi connectivity index (χ1) is 17.3. The Hall–Kier alpha value is -2.82. The van der Waals surface area contributed by atoms with Crippen molar-refractivity contribution in [1.29, 1.82) is 0 Å². The second kappa shape index (κ2) is 16.0. The molecular weight excluding hydrogens is 434 g/mol. The molecule has 1 N–H and O–H groups in total. The molecule has 0 bridgehead atoms. The van der Waals surface area contributed by atoms with Crippen LogP contribution in [-0.4, -0.2) is 28.6 Å². The number of aromatic nitrogens is 2. The van der Waals surface area contributed by atoms with Gasteiger partial charge < -0.3 is 14.6 Å². The van der Waals surface area contributed by atoms with Crippen LogP contribution in [0.5, 0.6) is 5.75 Å². The summed E-state index contributed by atoms with van der Waals surface area (Å²) in [7, 11) is 0. The van der Waals surface area contributed by atoms with E-state index >= 15 is 0 Å². The maximum Gasteiger partial charge on any atom is 0.257 e. The summed E-state index contributed by atoms with van der Waals surface area (Å²) in [6.45, 7) is 3.96. The Morgan fingerprint density at radius 1 is 0.829 bits per heavy atom. The molecule has 35 heavy (non-hydrogen) atoms. The standard InChI is InChI=1S/C30H43N3O2/c1-2-3-4-5-6-7-8-9-10-16-24-33-28-21-15-14-20-27(28)32-29(33)22-17-23-31-30(34)25-35-26-18-12-11-13-19-26/h11-15,18-21H,2-10,16-17,22-25H2,1H3,(H,31,34). The zero-order valence-electron chi connectivity index (χ0n) is 21.5. The minimum atomic E-state index is -0.0901. The second-order valence-corrected chi connectivity index (χ2v) is 9.41. The fraction of sp³-hybridized carbons (Fsp3) is 0.533. The zero-order chi connectivity index (χ0) is 24.6. The van der Waals surface area contributed by atoms with Gasteiger partial charge in [-0.2, -0.15) is 0 Å². The number of ether oxygens (including phenoxy) is 1. The molecule has 3 rings (SSSR count). The van der Waals surface area contributed by atoms with Crippen LogP contribution in [0.2, 0.25) is 0 Å². The minimum absolute atomic E-state index is 0.0429. The van der Waals surface area contributed by atoms with Crippen molar-refractivity contribution in [2.75, 3.05) is 13.2 Å². The van der Waals surface area contributed by atoms with Gasteiger partial charge in [0.25, 0.3) is 5.91 Å². The molecule has 0 fully saturated rings. The van der Waals surface area contributed by atoms with Gasteiger partial charge >= 0.3 is 0 Å². The molecule has 0 radical (unpaired) electrons. The monoisotopic (exact) mass is 477 g/mol. The number of para-hydroxylation sites is 3. The number of benzene rings is 2. The SMILES string of the molecule is CCCCCCCCCCCCn1c(CCCNC(=O)COc2ccccc2)nc2ccccc21. The molecule has 1 heterocycles. The molecule has 3 aromatic rings. The predicted molar refractivity (Wildman–Crippen MR) is 145 cm³/mol. The fourth-order valence-electron chi connectivity index (χ4n) is 4.51. The third-order valence-corrected chi connectivity index (χ3v) is 6.48. The molecule has 0 aliphatic carbocycles. The van der Waals surface area contributed by atoms with E-state index < -0.39 is 0 Å². The number of nitrogens with zero attached hydrogens (tertiary/aromatic N) is 2. The average Bonchev–Trinajstić information content (AvgIpc) is 3.24. The summed E-state index contributed by atoms with van der Waals surface area (Å²) in [5.74, 6) is 1.74. The van der Waals surface area contributed by atoms with Crippen LogP contribution in [0.3, 0.4) is 0 Å². The van der Waals surface area contributed by atoms with E-state index in [0.717, 1.165) is 30.7 Å². The molecule has 1 aromatic heterocycles. The van der Waals surface area contributed by atoms with Crippen LogP contribution in [0.1, 0.15) is 83.4 Å². The van der Waals surface area contributed by atoms with Crippen LogP contribution in [0.25, 0.3) is 11.0 Å². The van der Waals surface area contributed by atoms with E-state index in [1.54, 1.807) is 0 Å². The number of rotatable bonds is 18. The molecule has 1 amide bonds. The number of hydrogen-bond donors (Lipinski definition) is 1. The summed E-state index contributed by atoms with van der Waals surface area (Å²) in [6, 6.07) is 17.8. The van der Waals surface area contributed by atoms with Crippen molar-refractivity contribution >= 4 is 16.9 Å². The van der Waals surface area contributed by atoms with Gasteiger partial charge in [-0.25, -0.2) is 4.98 Å². The first-order valence-corrected chi connectivity index (χ1v) is 13.7. The number of amides is 1. The van der Waals surface area contributed by atoms with Crippen LogP contribution in [0.15, 0.2) is 54.6 Å². The van der Waals surface area contributed by atoms with Crippen molar-refractivity contribution in [3.8, 4) is 5.75 Å². The van der Waals surface area contributed by atoms with Gasteiger partial charge in [-0.05, 0) is 37.1 Å². The molecule has 0 unspecified atom stereocenters. The van der Waals surface area contributed by atoms with Crippen molar-refractivity contribution < 1.29 is 9.53 Å². The zero-order valence-corrected chi connectivity index (χ0v) is 21.5. The predicted octanol–water partition coefficient (Wildman–Crippen LogP) is 7.09. The summed E-state index contributed by atoms with van der Waals surface area (Å²) in [6.07, 6.45) is 15.1. The molecule has 0 saturated carbocycles. The second-order valence-electron chi connectivity index (χ2n) is 9.41. The number of imidazole rings is 1. The van der Waals surface area contributed by atoms with Gasteiger partial charge in [0.15, 0.2) is 6.61 Å². The number of carbonyl (C=O) groups is 1. The topological polar surface area (TPSA) is 56.2 Å². The molecule has 0 aliphatic heterocycles. The summed E-state index contributed by atoms with van der Waals surface area (Å²) in [5, 5.41) is 2.96. The van der Waals surface area contributed by atoms with Gasteiger partial charge in [0.1, 0.15) is 11.6 Å². The highest BCUT2D eigenvalue weighted by Gasteiger charge is 2.10. The molecule has 0 atom stereocenters. The summed E-state index contributed by atoms with van der Waals surface area (Å²) in [4.78, 5) is 17.0. The molecule has 0 saturated heterocycles. The maximum absolute atomic E-state index is 12.1. The number of carbonyl (C=O) groups excluding carboxylic acids is 1. The Bertz CT molecular complexity index is 984. The highest BCUT2D eigenvalue weighted by molar-refractivity contribution is 5.77. The van der Waals surface area contributed by atoms with Crippen molar-refractivity contribution in [1.82, 2.24) is 14.9 Å². The molecular formula is C30H43N3O2. The van der Waals surface area contributed by atoms with Crippen molar-refractivity contribution in [3.05, 3.63) is 60.4 Å². The van der Waals surface area contributed by atoms with Crippen LogP contribution >= 0.6 is 0 Å². The summed E-state index contributed by atoms with van der Waals surface area (Å²) < 4.78 is 7.90. The molecule has 0 aliphatic rings. The van der Waals surface area contributed by atoms with Gasteiger partial charge in [0.2, 0.25) is 0 Å². The van der Waals surface area contributed by atoms with Gasteiger partial charge in [0.05, 0.1) is 11.0 Å². The van der Waals surface area contributed by atoms with Gasteiger partial charge in [-0.3, -0.25) is 4.79 Å². The first kappa shape index (κ1) is 26.8. The third-order valence-electron chi connectivity index (χ3n) is 6.48. The first-order valence-electron chi connectivity index (χ1n) is 13.7. The van der Waals surface area contributed by atoms with Crippen LogP contribution in [-0.2, 0) is 17.8 Å². The highest BCUT2D eigenvalue weighted by Crippen LogP contribution is 2.19. The normalized spacial score (nSPS) is 11.1. The van der Waals surface area contributed by atoms with E-state index in [-0.39, 0.29) is 12.5 Å². The lowest BCUT2D eigenvalue weighted by Gasteiger charge is -2.10. The van der Waals surface area contributed by atoms with Gasteiger partial charge in [0, 0.05) is 19.5 Å². The van der Waals surface area contributed by atoms with E-state index in [1.165, 1.54) is 69.7 Å². The molecule has 190 valence electrons. The van der Waals surface area contributed by atoms with Gasteiger partial charge in [-0.1, -0.05) is 95.0 Å². The highest BCUT2D eigenvalue weighted by atomic mass is 16.5. The molecule has 2 aromatic carbocycles. The van der Waals surface area contributed by atoms with E-state index in [0.29, 0.717) is 12.3 Å². The number of fused-ring (bicyclic) bond motifs is 1. The van der Waals surface area contributed by atoms with E-state index in [9.17, 15) is 4.79 Å². The van der Waals surface area contributed by atoms with Crippen molar-refractivity contribution in [3.63, 3.8) is 0 Å². The number of unbranched alkanes of at least 4 members (excludes halogenated alkanes) is 9. The van der Waals surface area contributed by atoms with Crippen molar-refractivity contribution in [2.24, 2.45) is 0 Å². The van der Waals surface area contributed by atoms with E-state index in [2.05, 4.69) is 41.1 Å². The van der Waals surface area contributed by atoms with E-state index in [1.807, 2.05) is 30.3 Å². The third kappa shape index (κ3) is 9.75. The lowest BCUT2D eigenvalue weighted by molar-refractivity contribution is -0.123. The summed E-state index contributed by atoms with van der Waals surface area (Å²) in [5.41, 5.74) is 2.29.